The number of likely N-dealkylation sites (N-methyl/N-ethyl adjacent to an activating group) is 1. The van der Waals surface area contributed by atoms with Crippen LogP contribution in [0, 0.1) is 23.2 Å². The number of aliphatic hydroxyl groups is 1. The van der Waals surface area contributed by atoms with Gasteiger partial charge in [0.2, 0.25) is 17.7 Å². The molecule has 3 heterocycles. The minimum Gasteiger partial charge on any atom is -0.395 e. The summed E-state index contributed by atoms with van der Waals surface area (Å²) in [7, 11) is 1.74. The van der Waals surface area contributed by atoms with Crippen molar-refractivity contribution < 1.29 is 19.5 Å². The fraction of sp³-hybridized carbons (Fsp3) is 0.750. The van der Waals surface area contributed by atoms with Crippen molar-refractivity contribution in [3.05, 3.63) is 25.3 Å². The van der Waals surface area contributed by atoms with Crippen LogP contribution in [0.4, 0.5) is 0 Å². The van der Waals surface area contributed by atoms with Crippen LogP contribution in [0.15, 0.2) is 25.3 Å². The molecule has 3 saturated heterocycles. The van der Waals surface area contributed by atoms with Gasteiger partial charge in [-0.2, -0.15) is 0 Å². The number of rotatable bonds is 10. The predicted molar refractivity (Wildman–Crippen MR) is 145 cm³/mol. The largest absolute Gasteiger partial charge is 0.395 e. The van der Waals surface area contributed by atoms with E-state index in [-0.39, 0.29) is 47.5 Å². The van der Waals surface area contributed by atoms with E-state index in [1.165, 1.54) is 0 Å². The highest BCUT2D eigenvalue weighted by Crippen LogP contribution is 2.69. The number of hydrogen-bond acceptors (Lipinski definition) is 5. The molecule has 36 heavy (non-hydrogen) atoms. The molecule has 202 valence electrons. The lowest BCUT2D eigenvalue weighted by Crippen LogP contribution is -2.61. The van der Waals surface area contributed by atoms with Crippen molar-refractivity contribution in [3.8, 4) is 0 Å². The van der Waals surface area contributed by atoms with Gasteiger partial charge >= 0.3 is 0 Å². The standard InChI is InChI=1S/C28H45N3O4S/c1-10-12-29(9)23(33)20-19-16-18(3)28(36-19)21(20)24(34)30(14-15-32)22(28)25(35)31(13-11-2)27(7,8)17-26(4,5)6/h10-11,18-22,32H,1-2,12-17H2,3-9H3/t18?,19-,20+,21+,22?,28?/m1/s1. The van der Waals surface area contributed by atoms with Crippen LogP contribution in [0.1, 0.15) is 54.4 Å². The molecule has 0 aromatic rings. The maximum absolute atomic E-state index is 14.6. The highest BCUT2D eigenvalue weighted by Gasteiger charge is 2.76. The summed E-state index contributed by atoms with van der Waals surface area (Å²) in [6.07, 6.45) is 4.98. The van der Waals surface area contributed by atoms with Gasteiger partial charge in [-0.3, -0.25) is 14.4 Å². The maximum atomic E-state index is 14.6. The number of amides is 3. The van der Waals surface area contributed by atoms with Gasteiger partial charge in [0, 0.05) is 37.5 Å². The Balaban J connectivity index is 2.10. The van der Waals surface area contributed by atoms with Crippen molar-refractivity contribution in [2.75, 3.05) is 33.3 Å². The Labute approximate surface area is 221 Å². The molecule has 0 aromatic heterocycles. The molecule has 2 bridgehead atoms. The number of likely N-dealkylation sites (tertiary alicyclic amines) is 1. The summed E-state index contributed by atoms with van der Waals surface area (Å²) in [4.78, 5) is 47.2. The van der Waals surface area contributed by atoms with Gasteiger partial charge in [-0.05, 0) is 38.0 Å². The van der Waals surface area contributed by atoms with E-state index < -0.39 is 28.2 Å². The zero-order valence-corrected chi connectivity index (χ0v) is 23.9. The van der Waals surface area contributed by atoms with Crippen LogP contribution in [0.25, 0.3) is 0 Å². The summed E-state index contributed by atoms with van der Waals surface area (Å²) in [5, 5.41) is 9.90. The molecule has 3 aliphatic heterocycles. The lowest BCUT2D eigenvalue weighted by molar-refractivity contribution is -0.147. The van der Waals surface area contributed by atoms with Gasteiger partial charge in [-0.15, -0.1) is 24.9 Å². The average molecular weight is 520 g/mol. The van der Waals surface area contributed by atoms with Crippen molar-refractivity contribution in [2.45, 2.75) is 76.0 Å². The molecule has 1 spiro atoms. The monoisotopic (exact) mass is 519 g/mol. The number of carbonyl (C=O) groups is 3. The Hall–Kier alpha value is -1.80. The zero-order valence-electron chi connectivity index (χ0n) is 23.1. The van der Waals surface area contributed by atoms with Gasteiger partial charge in [0.25, 0.3) is 0 Å². The number of fused-ring (bicyclic) bond motifs is 1. The van der Waals surface area contributed by atoms with Crippen LogP contribution in [0.5, 0.6) is 0 Å². The summed E-state index contributed by atoms with van der Waals surface area (Å²) in [5.74, 6) is -1.31. The molecule has 3 amide bonds. The van der Waals surface area contributed by atoms with Gasteiger partial charge in [-0.25, -0.2) is 0 Å². The second-order valence-electron chi connectivity index (χ2n) is 12.6. The minimum atomic E-state index is -0.728. The normalized spacial score (nSPS) is 31.4. The lowest BCUT2D eigenvalue weighted by atomic mass is 9.65. The number of hydrogen-bond donors (Lipinski definition) is 1. The molecule has 0 radical (unpaired) electrons. The van der Waals surface area contributed by atoms with Crippen LogP contribution < -0.4 is 0 Å². The van der Waals surface area contributed by atoms with Crippen molar-refractivity contribution in [1.29, 1.82) is 0 Å². The number of β-amino-alcohol motifs (C(OH)–C–C–N with tert-alkyl or cyclic N) is 1. The summed E-state index contributed by atoms with van der Waals surface area (Å²) in [6, 6.07) is -0.728. The summed E-state index contributed by atoms with van der Waals surface area (Å²) < 4.78 is -0.694. The third-order valence-corrected chi connectivity index (χ3v) is 10.2. The first-order valence-electron chi connectivity index (χ1n) is 13.0. The Morgan fingerprint density at radius 1 is 1.17 bits per heavy atom. The fourth-order valence-electron chi connectivity index (χ4n) is 7.27. The first-order valence-corrected chi connectivity index (χ1v) is 13.9. The molecule has 0 saturated carbocycles. The quantitative estimate of drug-likeness (QED) is 0.449. The highest BCUT2D eigenvalue weighted by atomic mass is 32.2. The zero-order chi connectivity index (χ0) is 27.2. The van der Waals surface area contributed by atoms with E-state index in [0.717, 1.165) is 12.8 Å². The van der Waals surface area contributed by atoms with Gasteiger partial charge in [0.15, 0.2) is 0 Å². The van der Waals surface area contributed by atoms with Crippen LogP contribution in [0.3, 0.4) is 0 Å². The number of nitrogens with zero attached hydrogens (tertiary/aromatic N) is 3. The fourth-order valence-corrected chi connectivity index (χ4v) is 9.68. The molecular formula is C28H45N3O4S. The lowest BCUT2D eigenvalue weighted by Gasteiger charge is -2.46. The second kappa shape index (κ2) is 10.2. The predicted octanol–water partition coefficient (Wildman–Crippen LogP) is 3.19. The molecule has 1 N–H and O–H groups in total. The molecule has 0 aliphatic carbocycles. The number of thioether (sulfide) groups is 1. The summed E-state index contributed by atoms with van der Waals surface area (Å²) in [5.41, 5.74) is -0.489. The van der Waals surface area contributed by atoms with E-state index in [1.807, 2.05) is 4.90 Å². The SMILES string of the molecule is C=CCN(C)C(=O)[C@@H]1[C@H]2C(=O)N(CCO)C(C(=O)N(CC=C)C(C)(C)CC(C)(C)C)C23S[C@@H]1CC3C. The first kappa shape index (κ1) is 28.8. The maximum Gasteiger partial charge on any atom is 0.247 e. The molecular weight excluding hydrogens is 474 g/mol. The van der Waals surface area contributed by atoms with E-state index in [1.54, 1.807) is 40.8 Å². The van der Waals surface area contributed by atoms with E-state index in [9.17, 15) is 19.5 Å². The molecule has 3 rings (SSSR count). The Kier molecular flexibility index (Phi) is 8.12. The molecule has 3 unspecified atom stereocenters. The van der Waals surface area contributed by atoms with E-state index in [0.29, 0.717) is 13.1 Å². The first-order chi connectivity index (χ1) is 16.7. The summed E-state index contributed by atoms with van der Waals surface area (Å²) in [6.45, 7) is 21.0. The molecule has 3 aliphatic rings. The van der Waals surface area contributed by atoms with Gasteiger partial charge in [-0.1, -0.05) is 39.8 Å². The molecule has 3 fully saturated rings. The van der Waals surface area contributed by atoms with E-state index in [2.05, 4.69) is 54.7 Å². The van der Waals surface area contributed by atoms with Crippen molar-refractivity contribution in [2.24, 2.45) is 23.2 Å². The van der Waals surface area contributed by atoms with E-state index >= 15 is 0 Å². The van der Waals surface area contributed by atoms with Gasteiger partial charge < -0.3 is 19.8 Å². The smallest absolute Gasteiger partial charge is 0.247 e. The molecule has 6 atom stereocenters. The third kappa shape index (κ3) is 4.64. The molecule has 8 heteroatoms. The Morgan fingerprint density at radius 3 is 2.31 bits per heavy atom. The van der Waals surface area contributed by atoms with E-state index in [4.69, 9.17) is 0 Å². The number of carbonyl (C=O) groups excluding carboxylic acids is 3. The van der Waals surface area contributed by atoms with Gasteiger partial charge in [0.1, 0.15) is 6.04 Å². The summed E-state index contributed by atoms with van der Waals surface area (Å²) >= 11 is 1.67. The number of aliphatic hydroxyl groups excluding tert-OH is 1. The minimum absolute atomic E-state index is 0.00395. The molecule has 7 nitrogen and oxygen atoms in total. The Morgan fingerprint density at radius 2 is 1.78 bits per heavy atom. The highest BCUT2D eigenvalue weighted by molar-refractivity contribution is 8.02. The van der Waals surface area contributed by atoms with Crippen LogP contribution in [-0.2, 0) is 14.4 Å². The van der Waals surface area contributed by atoms with Crippen molar-refractivity contribution in [3.63, 3.8) is 0 Å². The van der Waals surface area contributed by atoms with Crippen LogP contribution in [0.2, 0.25) is 0 Å². The van der Waals surface area contributed by atoms with Crippen molar-refractivity contribution >= 4 is 29.5 Å². The molecule has 0 aromatic carbocycles. The second-order valence-corrected chi connectivity index (χ2v) is 14.2. The van der Waals surface area contributed by atoms with Crippen LogP contribution in [-0.4, -0.2) is 92.4 Å². The average Bonchev–Trinajstić information content (AvgIpc) is 3.34. The van der Waals surface area contributed by atoms with Gasteiger partial charge in [0.05, 0.1) is 23.2 Å². The Bertz CT molecular complexity index is 913. The van der Waals surface area contributed by atoms with Crippen molar-refractivity contribution in [1.82, 2.24) is 14.7 Å². The van der Waals surface area contributed by atoms with Crippen LogP contribution >= 0.6 is 11.8 Å². The third-order valence-electron chi connectivity index (χ3n) is 8.16. The topological polar surface area (TPSA) is 81.2 Å².